The molecule has 0 N–H and O–H groups in total. The Labute approximate surface area is 417 Å². The molecular formula is C66H40N2OS2. The van der Waals surface area contributed by atoms with Crippen molar-refractivity contribution in [3.05, 3.63) is 243 Å². The second kappa shape index (κ2) is 15.9. The van der Waals surface area contributed by atoms with Crippen LogP contribution < -0.4 is 14.5 Å². The van der Waals surface area contributed by atoms with Gasteiger partial charge in [0.15, 0.2) is 0 Å². The van der Waals surface area contributed by atoms with Gasteiger partial charge < -0.3 is 14.5 Å². The average molecular weight is 941 g/mol. The monoisotopic (exact) mass is 940 g/mol. The van der Waals surface area contributed by atoms with Crippen LogP contribution in [0.15, 0.2) is 243 Å². The van der Waals surface area contributed by atoms with Gasteiger partial charge in [-0.1, -0.05) is 182 Å². The minimum Gasteiger partial charge on any atom is -0.456 e. The zero-order chi connectivity index (χ0) is 46.6. The highest BCUT2D eigenvalue weighted by Crippen LogP contribution is 2.56. The van der Waals surface area contributed by atoms with Crippen LogP contribution in [0, 0.1) is 0 Å². The van der Waals surface area contributed by atoms with Gasteiger partial charge in [0.25, 0.3) is 0 Å². The largest absolute Gasteiger partial charge is 0.456 e. The van der Waals surface area contributed by atoms with Gasteiger partial charge in [-0.05, 0) is 76.5 Å². The highest BCUT2D eigenvalue weighted by molar-refractivity contribution is 7.26. The lowest BCUT2D eigenvalue weighted by molar-refractivity contribution is 0.493. The minimum atomic E-state index is 0.850. The van der Waals surface area contributed by atoms with Crippen LogP contribution in [0.25, 0.3) is 94.9 Å². The molecule has 1 aliphatic heterocycles. The maximum absolute atomic E-state index is 7.31. The predicted molar refractivity (Wildman–Crippen MR) is 305 cm³/mol. The number of anilines is 6. The lowest BCUT2D eigenvalue weighted by Gasteiger charge is -2.32. The third-order valence-electron chi connectivity index (χ3n) is 14.4. The molecule has 3 heterocycles. The van der Waals surface area contributed by atoms with Crippen molar-refractivity contribution in [2.24, 2.45) is 0 Å². The summed E-state index contributed by atoms with van der Waals surface area (Å²) in [4.78, 5) is 4.97. The van der Waals surface area contributed by atoms with Crippen molar-refractivity contribution in [1.29, 1.82) is 0 Å². The fraction of sp³-hybridized carbons (Fsp3) is 0. The fourth-order valence-corrected chi connectivity index (χ4v) is 13.7. The van der Waals surface area contributed by atoms with Gasteiger partial charge in [-0.3, -0.25) is 0 Å². The molecule has 0 saturated carbocycles. The molecule has 1 aliphatic rings. The van der Waals surface area contributed by atoms with Gasteiger partial charge in [-0.15, -0.1) is 22.7 Å². The Morgan fingerprint density at radius 3 is 1.41 bits per heavy atom. The van der Waals surface area contributed by atoms with E-state index in [0.29, 0.717) is 0 Å². The highest BCUT2D eigenvalue weighted by atomic mass is 32.1. The van der Waals surface area contributed by atoms with Crippen LogP contribution in [-0.4, -0.2) is 0 Å². The third kappa shape index (κ3) is 6.20. The van der Waals surface area contributed by atoms with Crippen molar-refractivity contribution >= 4 is 129 Å². The van der Waals surface area contributed by atoms with Crippen molar-refractivity contribution in [2.45, 2.75) is 0 Å². The van der Waals surface area contributed by atoms with Gasteiger partial charge in [0.05, 0.1) is 43.5 Å². The molecule has 332 valence electrons. The molecule has 0 spiro atoms. The van der Waals surface area contributed by atoms with Gasteiger partial charge in [-0.2, -0.15) is 0 Å². The van der Waals surface area contributed by atoms with Crippen LogP contribution in [0.1, 0.15) is 0 Å². The molecule has 12 aromatic carbocycles. The summed E-state index contributed by atoms with van der Waals surface area (Å²) in [5.74, 6) is 1.70. The van der Waals surface area contributed by atoms with E-state index < -0.39 is 0 Å². The number of para-hydroxylation sites is 2. The second-order valence-corrected chi connectivity index (χ2v) is 20.4. The maximum atomic E-state index is 7.31. The normalized spacial score (nSPS) is 12.1. The molecule has 0 radical (unpaired) electrons. The number of hydrogen-bond acceptors (Lipinski definition) is 5. The van der Waals surface area contributed by atoms with E-state index in [-0.39, 0.29) is 0 Å². The molecule has 15 rings (SSSR count). The number of hydrogen-bond donors (Lipinski definition) is 0. The summed E-state index contributed by atoms with van der Waals surface area (Å²) in [6.07, 6.45) is 0. The first kappa shape index (κ1) is 40.2. The highest BCUT2D eigenvalue weighted by Gasteiger charge is 2.29. The van der Waals surface area contributed by atoms with Crippen LogP contribution in [0.2, 0.25) is 0 Å². The lowest BCUT2D eigenvalue weighted by Crippen LogP contribution is -2.13. The molecule has 14 aromatic rings. The summed E-state index contributed by atoms with van der Waals surface area (Å²) in [5.41, 5.74) is 11.3. The minimum absolute atomic E-state index is 0.850. The first-order valence-electron chi connectivity index (χ1n) is 24.1. The average Bonchev–Trinajstić information content (AvgIpc) is 4.02. The van der Waals surface area contributed by atoms with Crippen molar-refractivity contribution in [3.8, 4) is 33.8 Å². The van der Waals surface area contributed by atoms with Gasteiger partial charge in [-0.25, -0.2) is 0 Å². The predicted octanol–water partition coefficient (Wildman–Crippen LogP) is 20.3. The zero-order valence-corrected chi connectivity index (χ0v) is 39.8. The summed E-state index contributed by atoms with van der Waals surface area (Å²) in [7, 11) is 0. The molecule has 5 heteroatoms. The summed E-state index contributed by atoms with van der Waals surface area (Å²) in [6, 6.07) is 88.5. The third-order valence-corrected chi connectivity index (χ3v) is 16.8. The van der Waals surface area contributed by atoms with E-state index in [2.05, 4.69) is 252 Å². The van der Waals surface area contributed by atoms with E-state index in [1.54, 1.807) is 0 Å². The Balaban J connectivity index is 0.988. The van der Waals surface area contributed by atoms with Crippen LogP contribution in [0.4, 0.5) is 34.1 Å². The molecular weight excluding hydrogens is 901 g/mol. The molecule has 2 aromatic heterocycles. The molecule has 0 saturated heterocycles. The van der Waals surface area contributed by atoms with Crippen molar-refractivity contribution in [3.63, 3.8) is 0 Å². The van der Waals surface area contributed by atoms with E-state index in [0.717, 1.165) is 89.2 Å². The van der Waals surface area contributed by atoms with Gasteiger partial charge in [0.2, 0.25) is 0 Å². The molecule has 3 nitrogen and oxygen atoms in total. The first-order chi connectivity index (χ1) is 35.2. The maximum Gasteiger partial charge on any atom is 0.138 e. The quantitative estimate of drug-likeness (QED) is 0.141. The molecule has 0 bridgehead atoms. The fourth-order valence-electron chi connectivity index (χ4n) is 11.3. The Hall–Kier alpha value is -8.74. The molecule has 0 unspecified atom stereocenters. The summed E-state index contributed by atoms with van der Waals surface area (Å²) in [5, 5.41) is 12.0. The Kier molecular flexibility index (Phi) is 9.00. The molecule has 0 fully saturated rings. The number of rotatable bonds is 8. The van der Waals surface area contributed by atoms with E-state index in [1.807, 2.05) is 22.7 Å². The van der Waals surface area contributed by atoms with Crippen molar-refractivity contribution in [1.82, 2.24) is 0 Å². The Morgan fingerprint density at radius 1 is 0.296 bits per heavy atom. The van der Waals surface area contributed by atoms with Crippen LogP contribution >= 0.6 is 22.7 Å². The zero-order valence-electron chi connectivity index (χ0n) is 38.2. The van der Waals surface area contributed by atoms with E-state index in [1.165, 1.54) is 51.3 Å². The van der Waals surface area contributed by atoms with Crippen LogP contribution in [0.3, 0.4) is 0 Å². The standard InChI is InChI=1S/C66H40N2OS2/c1-3-18-41(19-4-1)46-22-7-11-29-53(46)67(55-31-15-26-50-48-24-9-13-34-60(48)70-65(50)55)45-38-43-36-37-44-39-57(52-28-17-33-58-64(52)63(44)62(43)59(40-45)69-58)68(54-30-12-8-23-47(54)42-20-5-2-6-21-42)56-32-16-27-51-49-25-10-14-35-61(49)71-66(51)56/h1-40H. The SMILES string of the molecule is c1ccc(-c2ccccc2N(c2cc3c4c(ccc5cc(N(c6ccccc6-c6ccccc6)c6cccc7c6sc6ccccc67)c6cccc(c6c54)O3)c2)c2cccc3c2sc2ccccc23)cc1. The molecule has 71 heavy (non-hydrogen) atoms. The number of thiophene rings is 2. The van der Waals surface area contributed by atoms with E-state index in [4.69, 9.17) is 4.74 Å². The van der Waals surface area contributed by atoms with Crippen molar-refractivity contribution < 1.29 is 4.74 Å². The molecule has 0 amide bonds. The Bertz CT molecular complexity index is 4460. The van der Waals surface area contributed by atoms with Gasteiger partial charge >= 0.3 is 0 Å². The number of ether oxygens (including phenoxy) is 1. The summed E-state index contributed by atoms with van der Waals surface area (Å²) in [6.45, 7) is 0. The summed E-state index contributed by atoms with van der Waals surface area (Å²) < 4.78 is 12.4. The topological polar surface area (TPSA) is 15.7 Å². The first-order valence-corrected chi connectivity index (χ1v) is 25.7. The number of fused-ring (bicyclic) bond motifs is 6. The van der Waals surface area contributed by atoms with Crippen molar-refractivity contribution in [2.75, 3.05) is 9.80 Å². The van der Waals surface area contributed by atoms with Gasteiger partial charge in [0.1, 0.15) is 11.5 Å². The van der Waals surface area contributed by atoms with Gasteiger partial charge in [0, 0.05) is 69.7 Å². The number of benzene rings is 12. The van der Waals surface area contributed by atoms with E-state index >= 15 is 0 Å². The molecule has 0 atom stereocenters. The summed E-state index contributed by atoms with van der Waals surface area (Å²) >= 11 is 3.72. The Morgan fingerprint density at radius 2 is 0.775 bits per heavy atom. The van der Waals surface area contributed by atoms with Crippen LogP contribution in [-0.2, 0) is 0 Å². The molecule has 0 aliphatic carbocycles. The number of nitrogens with zero attached hydrogens (tertiary/aromatic N) is 2. The van der Waals surface area contributed by atoms with E-state index in [9.17, 15) is 0 Å². The lowest BCUT2D eigenvalue weighted by atomic mass is 9.91. The van der Waals surface area contributed by atoms with Crippen LogP contribution in [0.5, 0.6) is 11.5 Å². The second-order valence-electron chi connectivity index (χ2n) is 18.3. The smallest absolute Gasteiger partial charge is 0.138 e.